The fraction of sp³-hybridized carbons (Fsp3) is 0.385. The second kappa shape index (κ2) is 8.03. The molecule has 2 atom stereocenters. The van der Waals surface area contributed by atoms with Crippen LogP contribution < -0.4 is 0 Å². The van der Waals surface area contributed by atoms with E-state index in [2.05, 4.69) is 23.7 Å². The Labute approximate surface area is 203 Å². The van der Waals surface area contributed by atoms with Crippen LogP contribution in [-0.4, -0.2) is 68.4 Å². The third-order valence-corrected chi connectivity index (χ3v) is 7.61. The number of amides is 3. The molecular weight excluding hydrogens is 452 g/mol. The second-order valence-corrected chi connectivity index (χ2v) is 10.3. The molecule has 3 amide bonds. The zero-order chi connectivity index (χ0) is 24.4. The Bertz CT molecular complexity index is 1300. The molecule has 2 aliphatic rings. The Morgan fingerprint density at radius 2 is 2.00 bits per heavy atom. The lowest BCUT2D eigenvalue weighted by Gasteiger charge is -2.42. The molecule has 1 aromatic heterocycles. The molecule has 2 aromatic carbocycles. The van der Waals surface area contributed by atoms with Crippen molar-refractivity contribution in [2.75, 3.05) is 20.1 Å². The third kappa shape index (κ3) is 3.37. The number of aromatic nitrogens is 1. The summed E-state index contributed by atoms with van der Waals surface area (Å²) >= 11 is 6.32. The molecule has 34 heavy (non-hydrogen) atoms. The maximum atomic E-state index is 13.8. The predicted molar refractivity (Wildman–Crippen MR) is 132 cm³/mol. The van der Waals surface area contributed by atoms with E-state index in [-0.39, 0.29) is 17.7 Å². The number of H-pyrrole nitrogens is 1. The van der Waals surface area contributed by atoms with Crippen molar-refractivity contribution in [1.29, 1.82) is 0 Å². The molecule has 7 nitrogen and oxygen atoms in total. The minimum Gasteiger partial charge on any atom is -0.508 e. The second-order valence-electron chi connectivity index (χ2n) is 9.84. The van der Waals surface area contributed by atoms with Crippen LogP contribution in [0.2, 0.25) is 5.02 Å². The fourth-order valence-corrected chi connectivity index (χ4v) is 5.41. The number of hydrogen-bond donors (Lipinski definition) is 2. The monoisotopic (exact) mass is 480 g/mol. The molecule has 0 unspecified atom stereocenters. The zero-order valence-electron chi connectivity index (χ0n) is 19.8. The van der Waals surface area contributed by atoms with Crippen LogP contribution in [0, 0.1) is 0 Å². The number of phenols is 1. The molecule has 0 saturated carbocycles. The van der Waals surface area contributed by atoms with Gasteiger partial charge in [-0.25, -0.2) is 4.79 Å². The topological polar surface area (TPSA) is 79.9 Å². The summed E-state index contributed by atoms with van der Waals surface area (Å²) in [5.41, 5.74) is 2.43. The molecule has 2 N–H and O–H groups in total. The van der Waals surface area contributed by atoms with Gasteiger partial charge in [0.2, 0.25) is 0 Å². The van der Waals surface area contributed by atoms with Crippen LogP contribution in [0.1, 0.15) is 43.6 Å². The number of aromatic hydroxyl groups is 1. The normalized spacial score (nSPS) is 22.3. The Kier molecular flexibility index (Phi) is 5.37. The number of hydrogen-bond acceptors (Lipinski definition) is 4. The lowest BCUT2D eigenvalue weighted by molar-refractivity contribution is -0.133. The van der Waals surface area contributed by atoms with E-state index in [4.69, 9.17) is 11.6 Å². The maximum Gasteiger partial charge on any atom is 0.328 e. The molecule has 0 spiro atoms. The van der Waals surface area contributed by atoms with Crippen molar-refractivity contribution >= 4 is 34.4 Å². The van der Waals surface area contributed by atoms with Gasteiger partial charge in [-0.15, -0.1) is 0 Å². The van der Waals surface area contributed by atoms with Gasteiger partial charge in [0.1, 0.15) is 17.3 Å². The molecule has 0 radical (unpaired) electrons. The van der Waals surface area contributed by atoms with Crippen molar-refractivity contribution < 1.29 is 14.7 Å². The molecule has 178 valence electrons. The SMILES string of the molecule is CC(C)N(C)CCN1C(=O)N2[C@H](c3cccc(O)c3)c3[nH]c4ccc(Cl)cc4c3C[C@@]2(C)C1=O. The number of nitrogens with zero attached hydrogens (tertiary/aromatic N) is 3. The number of fused-ring (bicyclic) bond motifs is 4. The van der Waals surface area contributed by atoms with E-state index in [9.17, 15) is 14.7 Å². The molecule has 8 heteroatoms. The summed E-state index contributed by atoms with van der Waals surface area (Å²) in [5.74, 6) is -0.0827. The van der Waals surface area contributed by atoms with Crippen LogP contribution in [0.5, 0.6) is 5.75 Å². The van der Waals surface area contributed by atoms with E-state index in [1.807, 2.05) is 38.2 Å². The van der Waals surface area contributed by atoms with Crippen LogP contribution in [0.25, 0.3) is 10.9 Å². The van der Waals surface area contributed by atoms with E-state index in [1.54, 1.807) is 23.1 Å². The van der Waals surface area contributed by atoms with Crippen LogP contribution in [0.15, 0.2) is 42.5 Å². The van der Waals surface area contributed by atoms with Gasteiger partial charge in [0.15, 0.2) is 0 Å². The number of likely N-dealkylation sites (N-methyl/N-ethyl adjacent to an activating group) is 1. The molecule has 0 bridgehead atoms. The van der Waals surface area contributed by atoms with Crippen molar-refractivity contribution in [2.45, 2.75) is 44.8 Å². The number of phenolic OH excluding ortho intramolecular Hbond substituents is 1. The largest absolute Gasteiger partial charge is 0.508 e. The van der Waals surface area contributed by atoms with Gasteiger partial charge in [-0.3, -0.25) is 14.6 Å². The van der Waals surface area contributed by atoms with Crippen LogP contribution >= 0.6 is 11.6 Å². The smallest absolute Gasteiger partial charge is 0.328 e. The van der Waals surface area contributed by atoms with Crippen LogP contribution in [0.4, 0.5) is 4.79 Å². The van der Waals surface area contributed by atoms with Crippen molar-refractivity contribution in [1.82, 2.24) is 19.7 Å². The number of carbonyl (C=O) groups excluding carboxylic acids is 2. The number of nitrogens with one attached hydrogen (secondary N) is 1. The Hall–Kier alpha value is -3.03. The number of carbonyl (C=O) groups is 2. The molecule has 3 heterocycles. The number of imide groups is 1. The summed E-state index contributed by atoms with van der Waals surface area (Å²) in [4.78, 5) is 36.3. The summed E-state index contributed by atoms with van der Waals surface area (Å²) < 4.78 is 0. The van der Waals surface area contributed by atoms with Crippen molar-refractivity contribution in [2.24, 2.45) is 0 Å². The van der Waals surface area contributed by atoms with Crippen molar-refractivity contribution in [3.63, 3.8) is 0 Å². The summed E-state index contributed by atoms with van der Waals surface area (Å²) in [6, 6.07) is 12.0. The Balaban J connectivity index is 1.65. The van der Waals surface area contributed by atoms with Gasteiger partial charge >= 0.3 is 6.03 Å². The highest BCUT2D eigenvalue weighted by Crippen LogP contribution is 2.49. The highest BCUT2D eigenvalue weighted by molar-refractivity contribution is 6.31. The Morgan fingerprint density at radius 1 is 1.24 bits per heavy atom. The quantitative estimate of drug-likeness (QED) is 0.525. The van der Waals surface area contributed by atoms with E-state index >= 15 is 0 Å². The lowest BCUT2D eigenvalue weighted by atomic mass is 9.81. The van der Waals surface area contributed by atoms with Gasteiger partial charge in [-0.2, -0.15) is 0 Å². The molecule has 3 aromatic rings. The average Bonchev–Trinajstić information content (AvgIpc) is 3.22. The minimum absolute atomic E-state index is 0.110. The molecule has 5 rings (SSSR count). The fourth-order valence-electron chi connectivity index (χ4n) is 5.24. The molecule has 1 saturated heterocycles. The molecule has 2 aliphatic heterocycles. The Morgan fingerprint density at radius 3 is 2.71 bits per heavy atom. The van der Waals surface area contributed by atoms with Crippen molar-refractivity contribution in [3.8, 4) is 5.75 Å². The number of urea groups is 1. The molecule has 1 fully saturated rings. The number of aromatic amines is 1. The maximum absolute atomic E-state index is 13.8. The van der Waals surface area contributed by atoms with Gasteiger partial charge in [0.05, 0.1) is 0 Å². The lowest BCUT2D eigenvalue weighted by Crippen LogP contribution is -2.53. The average molecular weight is 481 g/mol. The number of benzene rings is 2. The van der Waals surface area contributed by atoms with Gasteiger partial charge in [-0.05, 0) is 69.3 Å². The first-order chi connectivity index (χ1) is 16.1. The van der Waals surface area contributed by atoms with E-state index in [0.717, 1.165) is 27.7 Å². The van der Waals surface area contributed by atoms with Gasteiger partial charge in [0, 0.05) is 47.2 Å². The van der Waals surface area contributed by atoms with Crippen LogP contribution in [0.3, 0.4) is 0 Å². The number of halogens is 1. The van der Waals surface area contributed by atoms with Crippen LogP contribution in [-0.2, 0) is 11.2 Å². The summed E-state index contributed by atoms with van der Waals surface area (Å²) in [6.07, 6.45) is 0.388. The zero-order valence-corrected chi connectivity index (χ0v) is 20.6. The van der Waals surface area contributed by atoms with E-state index in [1.165, 1.54) is 4.90 Å². The third-order valence-electron chi connectivity index (χ3n) is 7.37. The summed E-state index contributed by atoms with van der Waals surface area (Å²) in [6.45, 7) is 6.94. The standard InChI is InChI=1S/C26H29ClN4O3/c1-15(2)29(4)10-11-30-24(33)26(3)14-20-19-13-17(27)8-9-21(19)28-22(20)23(31(26)25(30)34)16-6-5-7-18(32)12-16/h5-9,12-13,15,23,28,32H,10-11,14H2,1-4H3/t23-,26+/m1/s1. The first-order valence-corrected chi connectivity index (χ1v) is 11.9. The van der Waals surface area contributed by atoms with Gasteiger partial charge in [0.25, 0.3) is 5.91 Å². The first-order valence-electron chi connectivity index (χ1n) is 11.6. The predicted octanol–water partition coefficient (Wildman–Crippen LogP) is 4.54. The highest BCUT2D eigenvalue weighted by atomic mass is 35.5. The number of rotatable bonds is 5. The minimum atomic E-state index is -1.05. The van der Waals surface area contributed by atoms with Crippen molar-refractivity contribution in [3.05, 3.63) is 64.3 Å². The first kappa shape index (κ1) is 22.7. The highest BCUT2D eigenvalue weighted by Gasteiger charge is 2.60. The summed E-state index contributed by atoms with van der Waals surface area (Å²) in [7, 11) is 1.99. The van der Waals surface area contributed by atoms with Gasteiger partial charge < -0.3 is 15.0 Å². The van der Waals surface area contributed by atoms with E-state index < -0.39 is 11.6 Å². The summed E-state index contributed by atoms with van der Waals surface area (Å²) in [5, 5.41) is 11.8. The molecule has 0 aliphatic carbocycles. The molecular formula is C26H29ClN4O3. The van der Waals surface area contributed by atoms with E-state index in [0.29, 0.717) is 30.6 Å². The van der Waals surface area contributed by atoms with Gasteiger partial charge in [-0.1, -0.05) is 23.7 Å².